The van der Waals surface area contributed by atoms with Crippen LogP contribution in [-0.2, 0) is 6.54 Å². The predicted molar refractivity (Wildman–Crippen MR) is 130 cm³/mol. The second kappa shape index (κ2) is 12.9. The molecule has 0 aliphatic carbocycles. The van der Waals surface area contributed by atoms with Crippen molar-refractivity contribution in [2.45, 2.75) is 45.2 Å². The molecule has 0 spiro atoms. The van der Waals surface area contributed by atoms with Gasteiger partial charge in [0.15, 0.2) is 5.96 Å². The first-order valence-electron chi connectivity index (χ1n) is 11.8. The number of ether oxygens (including phenoxy) is 1. The number of hydrogen-bond donors (Lipinski definition) is 2. The second-order valence-corrected chi connectivity index (χ2v) is 8.12. The summed E-state index contributed by atoms with van der Waals surface area (Å²) >= 11 is 0. The topological polar surface area (TPSA) is 70.9 Å². The van der Waals surface area contributed by atoms with Crippen molar-refractivity contribution in [3.05, 3.63) is 64.6 Å². The zero-order valence-corrected chi connectivity index (χ0v) is 19.4. The van der Waals surface area contributed by atoms with E-state index in [1.165, 1.54) is 18.4 Å². The Kier molecular flexibility index (Phi) is 9.62. The van der Waals surface area contributed by atoms with E-state index in [2.05, 4.69) is 40.7 Å². The molecule has 1 atom stereocenters. The first-order valence-corrected chi connectivity index (χ1v) is 11.8. The molecule has 1 aromatic carbocycles. The SMILES string of the molecule is CCNC(=NCC(c1cccc(OC)c1)N1CCCC1)NCCCCn1ccccc1=O. The van der Waals surface area contributed by atoms with Crippen LogP contribution in [0.3, 0.4) is 0 Å². The number of aryl methyl sites for hydroxylation is 1. The van der Waals surface area contributed by atoms with Crippen molar-refractivity contribution in [2.24, 2.45) is 4.99 Å². The third kappa shape index (κ3) is 7.12. The number of nitrogens with one attached hydrogen (secondary N) is 2. The van der Waals surface area contributed by atoms with E-state index in [0.717, 1.165) is 57.3 Å². The smallest absolute Gasteiger partial charge is 0.250 e. The number of unbranched alkanes of at least 4 members (excludes halogenated alkanes) is 1. The molecule has 0 radical (unpaired) electrons. The van der Waals surface area contributed by atoms with Crippen molar-refractivity contribution in [1.29, 1.82) is 0 Å². The van der Waals surface area contributed by atoms with E-state index >= 15 is 0 Å². The maximum Gasteiger partial charge on any atom is 0.250 e. The van der Waals surface area contributed by atoms with E-state index in [9.17, 15) is 4.79 Å². The Morgan fingerprint density at radius 2 is 1.97 bits per heavy atom. The van der Waals surface area contributed by atoms with Crippen molar-refractivity contribution < 1.29 is 4.74 Å². The van der Waals surface area contributed by atoms with Crippen LogP contribution in [0.5, 0.6) is 5.75 Å². The molecule has 1 aliphatic heterocycles. The Hall–Kier alpha value is -2.80. The molecule has 1 unspecified atom stereocenters. The van der Waals surface area contributed by atoms with Crippen molar-refractivity contribution >= 4 is 5.96 Å². The largest absolute Gasteiger partial charge is 0.497 e. The minimum absolute atomic E-state index is 0.0563. The Labute approximate surface area is 191 Å². The maximum absolute atomic E-state index is 11.8. The fourth-order valence-corrected chi connectivity index (χ4v) is 4.11. The van der Waals surface area contributed by atoms with Gasteiger partial charge in [0.05, 0.1) is 19.7 Å². The summed E-state index contributed by atoms with van der Waals surface area (Å²) in [6.45, 7) is 7.38. The number of aromatic nitrogens is 1. The molecule has 3 rings (SSSR count). The molecule has 0 saturated carbocycles. The average Bonchev–Trinajstić information content (AvgIpc) is 3.35. The molecular formula is C25H37N5O2. The summed E-state index contributed by atoms with van der Waals surface area (Å²) in [4.78, 5) is 19.2. The van der Waals surface area contributed by atoms with Gasteiger partial charge >= 0.3 is 0 Å². The molecule has 1 saturated heterocycles. The van der Waals surface area contributed by atoms with Gasteiger partial charge < -0.3 is 19.9 Å². The summed E-state index contributed by atoms with van der Waals surface area (Å²) in [5.41, 5.74) is 1.31. The number of rotatable bonds is 11. The van der Waals surface area contributed by atoms with Crippen molar-refractivity contribution in [3.63, 3.8) is 0 Å². The van der Waals surface area contributed by atoms with E-state index in [1.807, 2.05) is 18.3 Å². The monoisotopic (exact) mass is 439 g/mol. The lowest BCUT2D eigenvalue weighted by Gasteiger charge is -2.27. The highest BCUT2D eigenvalue weighted by atomic mass is 16.5. The highest BCUT2D eigenvalue weighted by molar-refractivity contribution is 5.79. The third-order valence-corrected chi connectivity index (χ3v) is 5.84. The van der Waals surface area contributed by atoms with Crippen molar-refractivity contribution in [1.82, 2.24) is 20.1 Å². The third-order valence-electron chi connectivity index (χ3n) is 5.84. The normalized spacial score (nSPS) is 15.5. The molecule has 2 heterocycles. The predicted octanol–water partition coefficient (Wildman–Crippen LogP) is 3.03. The summed E-state index contributed by atoms with van der Waals surface area (Å²) in [5.74, 6) is 1.73. The van der Waals surface area contributed by atoms with E-state index in [4.69, 9.17) is 9.73 Å². The number of guanidine groups is 1. The van der Waals surface area contributed by atoms with Crippen LogP contribution in [-0.4, -0.2) is 55.3 Å². The van der Waals surface area contributed by atoms with Gasteiger partial charge in [-0.05, 0) is 69.5 Å². The molecular weight excluding hydrogens is 402 g/mol. The minimum Gasteiger partial charge on any atom is -0.497 e. The van der Waals surface area contributed by atoms with Crippen LogP contribution in [0.1, 0.15) is 44.2 Å². The molecule has 2 aromatic rings. The zero-order chi connectivity index (χ0) is 22.6. The van der Waals surface area contributed by atoms with Gasteiger partial charge in [0.25, 0.3) is 0 Å². The molecule has 2 N–H and O–H groups in total. The fraction of sp³-hybridized carbons (Fsp3) is 0.520. The van der Waals surface area contributed by atoms with E-state index < -0.39 is 0 Å². The molecule has 1 fully saturated rings. The minimum atomic E-state index is 0.0563. The summed E-state index contributed by atoms with van der Waals surface area (Å²) in [7, 11) is 1.71. The summed E-state index contributed by atoms with van der Waals surface area (Å²) in [5, 5.41) is 6.81. The average molecular weight is 440 g/mol. The van der Waals surface area contributed by atoms with E-state index in [0.29, 0.717) is 6.54 Å². The van der Waals surface area contributed by atoms with Crippen molar-refractivity contribution in [3.8, 4) is 5.75 Å². The molecule has 1 aliphatic rings. The number of benzene rings is 1. The maximum atomic E-state index is 11.8. The lowest BCUT2D eigenvalue weighted by molar-refractivity contribution is 0.251. The van der Waals surface area contributed by atoms with Gasteiger partial charge in [0.1, 0.15) is 5.75 Å². The van der Waals surface area contributed by atoms with Gasteiger partial charge in [-0.3, -0.25) is 14.7 Å². The molecule has 7 heteroatoms. The van der Waals surface area contributed by atoms with Crippen LogP contribution in [0.4, 0.5) is 0 Å². The van der Waals surface area contributed by atoms with Gasteiger partial charge in [-0.1, -0.05) is 18.2 Å². The number of nitrogens with zero attached hydrogens (tertiary/aromatic N) is 3. The Morgan fingerprint density at radius 3 is 2.72 bits per heavy atom. The van der Waals surface area contributed by atoms with Gasteiger partial charge in [-0.2, -0.15) is 0 Å². The van der Waals surface area contributed by atoms with Crippen LogP contribution in [0, 0.1) is 0 Å². The molecule has 1 aromatic heterocycles. The lowest BCUT2D eigenvalue weighted by Crippen LogP contribution is -2.39. The first kappa shape index (κ1) is 23.9. The number of methoxy groups -OCH3 is 1. The Morgan fingerprint density at radius 1 is 1.12 bits per heavy atom. The van der Waals surface area contributed by atoms with Crippen LogP contribution >= 0.6 is 0 Å². The Balaban J connectivity index is 1.57. The van der Waals surface area contributed by atoms with Gasteiger partial charge in [0.2, 0.25) is 5.56 Å². The standard InChI is InChI=1S/C25H37N5O2/c1-3-26-25(27-14-5-7-18-30-17-6-4-13-24(30)31)28-20-23(29-15-8-9-16-29)21-11-10-12-22(19-21)32-2/h4,6,10-13,17,19,23H,3,5,7-9,14-16,18,20H2,1-2H3,(H2,26,27,28). The van der Waals surface area contributed by atoms with Crippen LogP contribution in [0.25, 0.3) is 0 Å². The van der Waals surface area contributed by atoms with Gasteiger partial charge in [-0.15, -0.1) is 0 Å². The van der Waals surface area contributed by atoms with Gasteiger partial charge in [0, 0.05) is 31.9 Å². The van der Waals surface area contributed by atoms with Crippen molar-refractivity contribution in [2.75, 3.05) is 39.8 Å². The summed E-state index contributed by atoms with van der Waals surface area (Å²) in [6.07, 6.45) is 6.24. The number of hydrogen-bond acceptors (Lipinski definition) is 4. The molecule has 0 bridgehead atoms. The molecule has 0 amide bonds. The summed E-state index contributed by atoms with van der Waals surface area (Å²) < 4.78 is 7.20. The second-order valence-electron chi connectivity index (χ2n) is 8.12. The lowest BCUT2D eigenvalue weighted by atomic mass is 10.1. The number of likely N-dealkylation sites (tertiary alicyclic amines) is 1. The molecule has 32 heavy (non-hydrogen) atoms. The fourth-order valence-electron chi connectivity index (χ4n) is 4.11. The van der Waals surface area contributed by atoms with Gasteiger partial charge in [-0.25, -0.2) is 0 Å². The first-order chi connectivity index (χ1) is 15.7. The quantitative estimate of drug-likeness (QED) is 0.320. The highest BCUT2D eigenvalue weighted by Crippen LogP contribution is 2.27. The zero-order valence-electron chi connectivity index (χ0n) is 19.4. The molecule has 7 nitrogen and oxygen atoms in total. The van der Waals surface area contributed by atoms with E-state index in [1.54, 1.807) is 23.8 Å². The van der Waals surface area contributed by atoms with Crippen LogP contribution < -0.4 is 20.9 Å². The van der Waals surface area contributed by atoms with Crippen LogP contribution in [0.15, 0.2) is 58.4 Å². The number of aliphatic imine (C=N–C) groups is 1. The van der Waals surface area contributed by atoms with Crippen LogP contribution in [0.2, 0.25) is 0 Å². The molecule has 174 valence electrons. The summed E-state index contributed by atoms with van der Waals surface area (Å²) in [6, 6.07) is 13.9. The Bertz CT molecular complexity index is 905. The number of pyridine rings is 1. The van der Waals surface area contributed by atoms with E-state index in [-0.39, 0.29) is 11.6 Å². The highest BCUT2D eigenvalue weighted by Gasteiger charge is 2.23.